The van der Waals surface area contributed by atoms with Crippen molar-refractivity contribution in [1.82, 2.24) is 0 Å². The predicted molar refractivity (Wildman–Crippen MR) is 119 cm³/mol. The second-order valence-corrected chi connectivity index (χ2v) is 9.02. The highest BCUT2D eigenvalue weighted by Gasteiger charge is 2.20. The van der Waals surface area contributed by atoms with Crippen LogP contribution in [0.15, 0.2) is 30.3 Å². The van der Waals surface area contributed by atoms with Crippen LogP contribution in [0.2, 0.25) is 0 Å². The Morgan fingerprint density at radius 1 is 0.630 bits per heavy atom. The molecule has 0 amide bonds. The first kappa shape index (κ1) is 24.3. The zero-order valence-electron chi connectivity index (χ0n) is 17.7. The van der Waals surface area contributed by atoms with Crippen molar-refractivity contribution in [3.05, 3.63) is 30.3 Å². The van der Waals surface area contributed by atoms with Crippen LogP contribution in [0.4, 0.5) is 0 Å². The van der Waals surface area contributed by atoms with Crippen molar-refractivity contribution in [3.8, 4) is 0 Å². The molecule has 1 unspecified atom stereocenters. The van der Waals surface area contributed by atoms with Crippen LogP contribution in [0.25, 0.3) is 0 Å². The smallest absolute Gasteiger partial charge is 0.142 e. The van der Waals surface area contributed by atoms with Gasteiger partial charge in [0, 0.05) is 0 Å². The summed E-state index contributed by atoms with van der Waals surface area (Å²) in [6.45, 7) is 2.90. The Morgan fingerprint density at radius 3 is 1.48 bits per heavy atom. The Kier molecular flexibility index (Phi) is 16.8. The molecule has 154 valence electrons. The summed E-state index contributed by atoms with van der Waals surface area (Å²) >= 11 is 0. The summed E-state index contributed by atoms with van der Waals surface area (Å²) in [7, 11) is -1.67. The first-order valence-corrected chi connectivity index (χ1v) is 12.7. The van der Waals surface area contributed by atoms with E-state index in [0.29, 0.717) is 6.61 Å². The van der Waals surface area contributed by atoms with Gasteiger partial charge in [-0.2, -0.15) is 0 Å². The summed E-state index contributed by atoms with van der Waals surface area (Å²) in [4.78, 5) is 0. The van der Waals surface area contributed by atoms with Crippen molar-refractivity contribution < 1.29 is 9.09 Å². The second-order valence-electron chi connectivity index (χ2n) is 7.73. The number of rotatable bonds is 19. The summed E-state index contributed by atoms with van der Waals surface area (Å²) in [5, 5.41) is 0.795. The van der Waals surface area contributed by atoms with Crippen molar-refractivity contribution in [2.24, 2.45) is 0 Å². The van der Waals surface area contributed by atoms with E-state index in [2.05, 4.69) is 6.92 Å². The van der Waals surface area contributed by atoms with Crippen molar-refractivity contribution >= 4 is 13.3 Å². The zero-order chi connectivity index (χ0) is 19.4. The van der Waals surface area contributed by atoms with E-state index in [1.807, 2.05) is 30.3 Å². The third kappa shape index (κ3) is 14.9. The molecule has 0 heterocycles. The topological polar surface area (TPSA) is 26.3 Å². The fraction of sp³-hybridized carbons (Fsp3) is 0.750. The van der Waals surface area contributed by atoms with Crippen LogP contribution >= 0.6 is 8.03 Å². The minimum absolute atomic E-state index is 0.614. The lowest BCUT2D eigenvalue weighted by atomic mass is 10.0. The minimum Gasteiger partial charge on any atom is -0.142 e. The number of hydrogen-bond acceptors (Lipinski definition) is 2. The molecule has 0 bridgehead atoms. The molecule has 0 aliphatic rings. The van der Waals surface area contributed by atoms with Crippen LogP contribution in [-0.2, 0) is 9.09 Å². The lowest BCUT2D eigenvalue weighted by molar-refractivity contribution is 0.321. The van der Waals surface area contributed by atoms with Gasteiger partial charge in [-0.15, -0.1) is 4.52 Å². The Morgan fingerprint density at radius 2 is 1.04 bits per heavy atom. The molecule has 3 heteroatoms. The van der Waals surface area contributed by atoms with Gasteiger partial charge >= 0.3 is 8.03 Å². The molecular formula is C24H42O2P+. The van der Waals surface area contributed by atoms with Gasteiger partial charge in [-0.05, 0) is 23.1 Å². The molecule has 27 heavy (non-hydrogen) atoms. The minimum atomic E-state index is -1.67. The van der Waals surface area contributed by atoms with E-state index in [9.17, 15) is 4.57 Å². The van der Waals surface area contributed by atoms with E-state index >= 15 is 0 Å². The Labute approximate surface area is 169 Å². The van der Waals surface area contributed by atoms with Crippen LogP contribution in [-0.4, -0.2) is 6.61 Å². The van der Waals surface area contributed by atoms with Gasteiger partial charge in [0.1, 0.15) is 6.61 Å². The number of benzene rings is 1. The van der Waals surface area contributed by atoms with Crippen LogP contribution in [0.3, 0.4) is 0 Å². The van der Waals surface area contributed by atoms with E-state index in [4.69, 9.17) is 4.52 Å². The fourth-order valence-electron chi connectivity index (χ4n) is 3.42. The summed E-state index contributed by atoms with van der Waals surface area (Å²) < 4.78 is 17.4. The number of hydrogen-bond donors (Lipinski definition) is 0. The third-order valence-electron chi connectivity index (χ3n) is 5.17. The van der Waals surface area contributed by atoms with Gasteiger partial charge in [0.15, 0.2) is 0 Å². The predicted octanol–water partition coefficient (Wildman–Crippen LogP) is 8.33. The molecule has 0 saturated heterocycles. The van der Waals surface area contributed by atoms with E-state index < -0.39 is 8.03 Å². The Balaban J connectivity index is 1.75. The fourth-order valence-corrected chi connectivity index (χ4v) is 4.28. The monoisotopic (exact) mass is 393 g/mol. The largest absolute Gasteiger partial charge is 0.548 e. The highest BCUT2D eigenvalue weighted by molar-refractivity contribution is 7.48. The van der Waals surface area contributed by atoms with Crippen LogP contribution in [0.1, 0.15) is 110 Å². The molecule has 0 aromatic heterocycles. The molecule has 0 aliphatic carbocycles. The van der Waals surface area contributed by atoms with Gasteiger partial charge in [0.25, 0.3) is 0 Å². The average Bonchev–Trinajstić information content (AvgIpc) is 2.70. The first-order valence-electron chi connectivity index (χ1n) is 11.5. The van der Waals surface area contributed by atoms with Crippen molar-refractivity contribution in [2.45, 2.75) is 110 Å². The van der Waals surface area contributed by atoms with E-state index in [-0.39, 0.29) is 0 Å². The molecule has 2 nitrogen and oxygen atoms in total. The Bertz CT molecular complexity index is 447. The van der Waals surface area contributed by atoms with Gasteiger partial charge < -0.3 is 0 Å². The van der Waals surface area contributed by atoms with Gasteiger partial charge in [0.2, 0.25) is 5.30 Å². The standard InChI is InChI=1S/C24H42O2P/c1-2-3-4-5-6-7-8-9-10-11-12-13-14-15-16-20-23-26-27(25)24-21-18-17-19-22-24/h17-19,21-22H,2-16,20,23H2,1H3/q+1. The summed E-state index contributed by atoms with van der Waals surface area (Å²) in [5.41, 5.74) is 0. The number of unbranched alkanes of at least 4 members (excludes halogenated alkanes) is 15. The molecule has 1 rings (SSSR count). The maximum Gasteiger partial charge on any atom is 0.548 e. The molecule has 0 fully saturated rings. The van der Waals surface area contributed by atoms with Crippen LogP contribution < -0.4 is 5.30 Å². The van der Waals surface area contributed by atoms with Gasteiger partial charge in [-0.25, -0.2) is 0 Å². The van der Waals surface area contributed by atoms with Gasteiger partial charge in [0.05, 0.1) is 0 Å². The van der Waals surface area contributed by atoms with E-state index in [0.717, 1.165) is 11.7 Å². The highest BCUT2D eigenvalue weighted by Crippen LogP contribution is 2.21. The van der Waals surface area contributed by atoms with Crippen molar-refractivity contribution in [2.75, 3.05) is 6.61 Å². The molecule has 0 N–H and O–H groups in total. The summed E-state index contributed by atoms with van der Waals surface area (Å²) in [6.07, 6.45) is 21.9. The lowest BCUT2D eigenvalue weighted by Crippen LogP contribution is -1.98. The molecule has 1 aromatic rings. The van der Waals surface area contributed by atoms with Crippen LogP contribution in [0.5, 0.6) is 0 Å². The molecule has 1 aromatic carbocycles. The average molecular weight is 394 g/mol. The SMILES string of the molecule is CCCCCCCCCCCCCCCCCCO[P+](=O)c1ccccc1. The van der Waals surface area contributed by atoms with E-state index in [1.54, 1.807) is 0 Å². The summed E-state index contributed by atoms with van der Waals surface area (Å²) in [6, 6.07) is 9.47. The summed E-state index contributed by atoms with van der Waals surface area (Å²) in [5.74, 6) is 0. The van der Waals surface area contributed by atoms with Gasteiger partial charge in [-0.3, -0.25) is 0 Å². The highest BCUT2D eigenvalue weighted by atomic mass is 31.1. The molecule has 0 saturated carbocycles. The lowest BCUT2D eigenvalue weighted by Gasteiger charge is -2.03. The first-order chi connectivity index (χ1) is 13.3. The Hall–Kier alpha value is -0.720. The van der Waals surface area contributed by atoms with Gasteiger partial charge in [-0.1, -0.05) is 121 Å². The quantitative estimate of drug-likeness (QED) is 0.174. The maximum absolute atomic E-state index is 11.9. The van der Waals surface area contributed by atoms with Crippen molar-refractivity contribution in [3.63, 3.8) is 0 Å². The van der Waals surface area contributed by atoms with Crippen LogP contribution in [0, 0.1) is 0 Å². The molecular weight excluding hydrogens is 351 g/mol. The normalized spacial score (nSPS) is 11.7. The second kappa shape index (κ2) is 18.6. The van der Waals surface area contributed by atoms with Crippen molar-refractivity contribution in [1.29, 1.82) is 0 Å². The molecule has 0 radical (unpaired) electrons. The molecule has 0 aliphatic heterocycles. The maximum atomic E-state index is 11.9. The van der Waals surface area contributed by atoms with E-state index in [1.165, 1.54) is 96.3 Å². The zero-order valence-corrected chi connectivity index (χ0v) is 18.6. The molecule has 1 atom stereocenters. The molecule has 0 spiro atoms. The third-order valence-corrected chi connectivity index (χ3v) is 6.31.